The molecule has 0 aliphatic rings. The molecule has 0 radical (unpaired) electrons. The van der Waals surface area contributed by atoms with Crippen LogP contribution in [0.5, 0.6) is 0 Å². The zero-order valence-electron chi connectivity index (χ0n) is 7.12. The van der Waals surface area contributed by atoms with Crippen molar-refractivity contribution >= 4 is 65.2 Å². The van der Waals surface area contributed by atoms with E-state index in [0.29, 0.717) is 14.3 Å². The highest BCUT2D eigenvalue weighted by atomic mass is 79.9. The molecule has 0 saturated heterocycles. The van der Waals surface area contributed by atoms with Crippen LogP contribution >= 0.6 is 59.4 Å². The number of carbonyl (C=O) groups excluding carboxylic acids is 1. The molecule has 0 aliphatic carbocycles. The Morgan fingerprint density at radius 3 is 2.31 bits per heavy atom. The molecule has 0 amide bonds. The summed E-state index contributed by atoms with van der Waals surface area (Å²) in [6.07, 6.45) is 2.22. The molecule has 13 heavy (non-hydrogen) atoms. The average molecular weight is 397 g/mol. The zero-order valence-corrected chi connectivity index (χ0v) is 12.6. The third-order valence-electron chi connectivity index (χ3n) is 1.42. The third-order valence-corrected chi connectivity index (χ3v) is 4.33. The van der Waals surface area contributed by atoms with E-state index in [4.69, 9.17) is 11.6 Å². The molecule has 0 aliphatic heterocycles. The highest BCUT2D eigenvalue weighted by Gasteiger charge is 2.09. The molecular formula is C8H10Br3ClO. The van der Waals surface area contributed by atoms with Crippen molar-refractivity contribution in [2.45, 2.75) is 31.6 Å². The molecule has 0 aromatic carbocycles. The number of allylic oxidation sites excluding steroid dienone is 1. The molecule has 0 N–H and O–H groups in total. The maximum Gasteiger partial charge on any atom is 0.171 e. The van der Waals surface area contributed by atoms with Crippen LogP contribution in [0, 0.1) is 0 Å². The summed E-state index contributed by atoms with van der Waals surface area (Å²) in [7, 11) is 0. The van der Waals surface area contributed by atoms with Gasteiger partial charge in [-0.05, 0) is 67.6 Å². The van der Waals surface area contributed by atoms with Crippen molar-refractivity contribution in [1.29, 1.82) is 0 Å². The summed E-state index contributed by atoms with van der Waals surface area (Å²) in [6, 6.07) is 0. The molecule has 0 fully saturated rings. The molecule has 1 nitrogen and oxygen atoms in total. The second kappa shape index (κ2) is 7.43. The van der Waals surface area contributed by atoms with E-state index in [1.54, 1.807) is 0 Å². The Morgan fingerprint density at radius 2 is 1.92 bits per heavy atom. The van der Waals surface area contributed by atoms with Gasteiger partial charge in [0.2, 0.25) is 0 Å². The SMILES string of the molecule is CC(Cl)CCCC(=O)C(Br)=C(Br)Br. The Kier molecular flexibility index (Phi) is 8.09. The number of rotatable bonds is 5. The number of ketones is 1. The van der Waals surface area contributed by atoms with Crippen molar-refractivity contribution in [3.63, 3.8) is 0 Å². The summed E-state index contributed by atoms with van der Waals surface area (Å²) in [4.78, 5) is 11.4. The second-order valence-electron chi connectivity index (χ2n) is 2.67. The first-order chi connectivity index (χ1) is 5.95. The van der Waals surface area contributed by atoms with Crippen LogP contribution in [-0.2, 0) is 4.79 Å². The summed E-state index contributed by atoms with van der Waals surface area (Å²) in [5.74, 6) is 0.0843. The summed E-state index contributed by atoms with van der Waals surface area (Å²) in [6.45, 7) is 1.93. The molecular weight excluding hydrogens is 387 g/mol. The first kappa shape index (κ1) is 14.1. The van der Waals surface area contributed by atoms with Crippen LogP contribution in [0.3, 0.4) is 0 Å². The first-order valence-electron chi connectivity index (χ1n) is 3.83. The maximum absolute atomic E-state index is 11.4. The number of carbonyl (C=O) groups is 1. The topological polar surface area (TPSA) is 17.1 Å². The normalized spacial score (nSPS) is 12.4. The lowest BCUT2D eigenvalue weighted by atomic mass is 10.1. The molecule has 0 spiro atoms. The second-order valence-corrected chi connectivity index (χ2v) is 6.86. The quantitative estimate of drug-likeness (QED) is 0.485. The summed E-state index contributed by atoms with van der Waals surface area (Å²) in [5.41, 5.74) is 0. The molecule has 76 valence electrons. The van der Waals surface area contributed by atoms with E-state index in [0.717, 1.165) is 12.8 Å². The van der Waals surface area contributed by atoms with Gasteiger partial charge in [-0.15, -0.1) is 11.6 Å². The van der Waals surface area contributed by atoms with Gasteiger partial charge < -0.3 is 0 Å². The number of Topliss-reactive ketones (excluding diaryl/α,β-unsaturated/α-hetero) is 1. The molecule has 1 atom stereocenters. The van der Waals surface area contributed by atoms with Crippen LogP contribution in [0.15, 0.2) is 7.87 Å². The fourth-order valence-corrected chi connectivity index (χ4v) is 1.55. The number of halogens is 4. The van der Waals surface area contributed by atoms with Crippen LogP contribution in [0.25, 0.3) is 0 Å². The minimum atomic E-state index is 0.0843. The zero-order chi connectivity index (χ0) is 10.4. The van der Waals surface area contributed by atoms with E-state index in [-0.39, 0.29) is 11.2 Å². The standard InChI is InChI=1S/C8H10Br3ClO/c1-5(12)3-2-4-6(13)7(9)8(10)11/h5H,2-4H2,1H3. The van der Waals surface area contributed by atoms with E-state index in [9.17, 15) is 4.79 Å². The Morgan fingerprint density at radius 1 is 1.38 bits per heavy atom. The van der Waals surface area contributed by atoms with Gasteiger partial charge in [-0.3, -0.25) is 4.79 Å². The van der Waals surface area contributed by atoms with Crippen LogP contribution in [-0.4, -0.2) is 11.2 Å². The van der Waals surface area contributed by atoms with E-state index >= 15 is 0 Å². The van der Waals surface area contributed by atoms with Crippen LogP contribution in [0.1, 0.15) is 26.2 Å². The minimum Gasteiger partial charge on any atom is -0.294 e. The van der Waals surface area contributed by atoms with Gasteiger partial charge in [0.05, 0.1) is 7.87 Å². The molecule has 0 bridgehead atoms. The Hall–Kier alpha value is 1.14. The predicted molar refractivity (Wildman–Crippen MR) is 68.0 cm³/mol. The van der Waals surface area contributed by atoms with Crippen molar-refractivity contribution < 1.29 is 4.79 Å². The van der Waals surface area contributed by atoms with Gasteiger partial charge in [0, 0.05) is 11.8 Å². The van der Waals surface area contributed by atoms with Crippen molar-refractivity contribution in [3.05, 3.63) is 7.87 Å². The van der Waals surface area contributed by atoms with Gasteiger partial charge in [-0.2, -0.15) is 0 Å². The van der Waals surface area contributed by atoms with Crippen molar-refractivity contribution in [3.8, 4) is 0 Å². The van der Waals surface area contributed by atoms with E-state index in [1.807, 2.05) is 6.92 Å². The Bertz CT molecular complexity index is 209. The highest BCUT2D eigenvalue weighted by Crippen LogP contribution is 2.25. The summed E-state index contributed by atoms with van der Waals surface area (Å²) >= 11 is 15.3. The molecule has 0 heterocycles. The van der Waals surface area contributed by atoms with E-state index < -0.39 is 0 Å². The van der Waals surface area contributed by atoms with Crippen molar-refractivity contribution in [1.82, 2.24) is 0 Å². The molecule has 0 saturated carbocycles. The molecule has 0 aromatic rings. The first-order valence-corrected chi connectivity index (χ1v) is 6.64. The lowest BCUT2D eigenvalue weighted by Gasteiger charge is -2.02. The molecule has 5 heteroatoms. The van der Waals surface area contributed by atoms with Crippen LogP contribution in [0.2, 0.25) is 0 Å². The number of hydrogen-bond donors (Lipinski definition) is 0. The van der Waals surface area contributed by atoms with Gasteiger partial charge in [-0.25, -0.2) is 0 Å². The summed E-state index contributed by atoms with van der Waals surface area (Å²) < 4.78 is 1.21. The monoisotopic (exact) mass is 394 g/mol. The fraction of sp³-hybridized carbons (Fsp3) is 0.625. The van der Waals surface area contributed by atoms with Gasteiger partial charge in [-0.1, -0.05) is 0 Å². The minimum absolute atomic E-state index is 0.0843. The largest absolute Gasteiger partial charge is 0.294 e. The average Bonchev–Trinajstić information content (AvgIpc) is 2.02. The van der Waals surface area contributed by atoms with Crippen LogP contribution in [0.4, 0.5) is 0 Å². The molecule has 0 rings (SSSR count). The smallest absolute Gasteiger partial charge is 0.171 e. The van der Waals surface area contributed by atoms with E-state index in [2.05, 4.69) is 47.8 Å². The summed E-state index contributed by atoms with van der Waals surface area (Å²) in [5, 5.41) is 0.142. The van der Waals surface area contributed by atoms with Crippen molar-refractivity contribution in [2.75, 3.05) is 0 Å². The lowest BCUT2D eigenvalue weighted by molar-refractivity contribution is -0.114. The highest BCUT2D eigenvalue weighted by molar-refractivity contribution is 9.29. The van der Waals surface area contributed by atoms with Crippen LogP contribution < -0.4 is 0 Å². The molecule has 0 aromatic heterocycles. The third kappa shape index (κ3) is 7.11. The lowest BCUT2D eigenvalue weighted by Crippen LogP contribution is -1.99. The maximum atomic E-state index is 11.4. The molecule has 1 unspecified atom stereocenters. The van der Waals surface area contributed by atoms with Gasteiger partial charge in [0.25, 0.3) is 0 Å². The number of alkyl halides is 1. The Labute approximate surface area is 109 Å². The van der Waals surface area contributed by atoms with Gasteiger partial charge in [0.1, 0.15) is 0 Å². The van der Waals surface area contributed by atoms with Gasteiger partial charge in [0.15, 0.2) is 5.78 Å². The van der Waals surface area contributed by atoms with Crippen molar-refractivity contribution in [2.24, 2.45) is 0 Å². The van der Waals surface area contributed by atoms with Gasteiger partial charge >= 0.3 is 0 Å². The van der Waals surface area contributed by atoms with E-state index in [1.165, 1.54) is 0 Å². The Balaban J connectivity index is 3.83. The number of hydrogen-bond acceptors (Lipinski definition) is 1. The fourth-order valence-electron chi connectivity index (χ4n) is 0.759. The predicted octanol–water partition coefficient (Wildman–Crippen LogP) is 4.71.